The van der Waals surface area contributed by atoms with Crippen molar-refractivity contribution in [3.8, 4) is 0 Å². The number of hydrogen-bond donors (Lipinski definition) is 1. The third-order valence-corrected chi connectivity index (χ3v) is 3.61. The van der Waals surface area contributed by atoms with E-state index in [1.54, 1.807) is 0 Å². The van der Waals surface area contributed by atoms with Crippen molar-refractivity contribution in [2.75, 3.05) is 0 Å². The largest absolute Gasteiger partial charge is 0.368 e. The molecule has 2 aliphatic carbocycles. The van der Waals surface area contributed by atoms with Gasteiger partial charge in [0.05, 0.1) is 6.04 Å². The normalized spacial score (nSPS) is 46.2. The van der Waals surface area contributed by atoms with Crippen LogP contribution in [0.25, 0.3) is 0 Å². The number of allylic oxidation sites excluding steroid dienone is 3. The minimum Gasteiger partial charge on any atom is -0.368 e. The fourth-order valence-corrected chi connectivity index (χ4v) is 2.44. The number of nitrogens with one attached hydrogen (secondary N) is 1. The van der Waals surface area contributed by atoms with Crippen LogP contribution in [-0.4, -0.2) is 30.3 Å². The average molecular weight is 238 g/mol. The third-order valence-electron chi connectivity index (χ3n) is 3.61. The number of aliphatic imine (C=N–C) groups is 1. The molecule has 5 atom stereocenters. The third kappa shape index (κ3) is 2.26. The van der Waals surface area contributed by atoms with E-state index in [1.165, 1.54) is 0 Å². The predicted molar refractivity (Wildman–Crippen MR) is 63.6 cm³/mol. The molecule has 3 aliphatic rings. The van der Waals surface area contributed by atoms with Crippen LogP contribution in [0.5, 0.6) is 0 Å². The molecule has 0 bridgehead atoms. The monoisotopic (exact) mass is 238 g/mol. The molecule has 5 unspecified atom stereocenters. The molecule has 1 N–H and O–H groups in total. The summed E-state index contributed by atoms with van der Waals surface area (Å²) in [6, 6.07) is -0.196. The molecular weight excluding hydrogens is 222 g/mol. The van der Waals surface area contributed by atoms with E-state index in [0.29, 0.717) is 24.6 Å². The standard InChI is InChI=1S/C13H16F2N2/c14-9-6-12(9)17-13-10(15)7-11(16-13)8-4-2-1-3-5-8/h1-4,8-12H,5-7H2,(H,16,17). The molecule has 0 spiro atoms. The van der Waals surface area contributed by atoms with Crippen LogP contribution in [0.4, 0.5) is 8.78 Å². The van der Waals surface area contributed by atoms with Crippen molar-refractivity contribution in [2.45, 2.75) is 43.7 Å². The molecule has 17 heavy (non-hydrogen) atoms. The molecule has 0 radical (unpaired) electrons. The fraction of sp³-hybridized carbons (Fsp3) is 0.615. The molecule has 2 fully saturated rings. The Labute approximate surface area is 99.5 Å². The molecule has 0 aromatic heterocycles. The van der Waals surface area contributed by atoms with Crippen LogP contribution in [0, 0.1) is 5.92 Å². The van der Waals surface area contributed by atoms with E-state index < -0.39 is 12.3 Å². The summed E-state index contributed by atoms with van der Waals surface area (Å²) in [5.74, 6) is 0.689. The van der Waals surface area contributed by atoms with Gasteiger partial charge in [-0.25, -0.2) is 8.78 Å². The maximum absolute atomic E-state index is 13.8. The van der Waals surface area contributed by atoms with Crippen LogP contribution < -0.4 is 5.32 Å². The molecular formula is C13H16F2N2. The van der Waals surface area contributed by atoms with Crippen molar-refractivity contribution in [3.05, 3.63) is 24.3 Å². The first-order chi connectivity index (χ1) is 8.24. The van der Waals surface area contributed by atoms with E-state index in [1.807, 2.05) is 12.2 Å². The SMILES string of the molecule is FC1CC(C2C=CC=CC2)N/C1=N\C1CC1F. The van der Waals surface area contributed by atoms with Crippen LogP contribution in [0.2, 0.25) is 0 Å². The summed E-state index contributed by atoms with van der Waals surface area (Å²) in [6.45, 7) is 0. The zero-order chi connectivity index (χ0) is 11.8. The molecule has 0 amide bonds. The number of rotatable bonds is 2. The Morgan fingerprint density at radius 2 is 2.06 bits per heavy atom. The summed E-state index contributed by atoms with van der Waals surface area (Å²) in [6.07, 6.45) is 8.13. The van der Waals surface area contributed by atoms with E-state index in [0.717, 1.165) is 6.42 Å². The summed E-state index contributed by atoms with van der Waals surface area (Å²) in [4.78, 5) is 4.11. The average Bonchev–Trinajstić information content (AvgIpc) is 2.90. The fourth-order valence-electron chi connectivity index (χ4n) is 2.44. The molecule has 4 heteroatoms. The summed E-state index contributed by atoms with van der Waals surface area (Å²) in [5, 5.41) is 3.13. The lowest BCUT2D eigenvalue weighted by Crippen LogP contribution is -2.33. The van der Waals surface area contributed by atoms with Gasteiger partial charge in [-0.1, -0.05) is 24.3 Å². The Morgan fingerprint density at radius 1 is 1.24 bits per heavy atom. The maximum atomic E-state index is 13.8. The van der Waals surface area contributed by atoms with Gasteiger partial charge < -0.3 is 5.32 Å². The zero-order valence-electron chi connectivity index (χ0n) is 9.52. The van der Waals surface area contributed by atoms with Gasteiger partial charge in [-0.15, -0.1) is 0 Å². The van der Waals surface area contributed by atoms with Crippen molar-refractivity contribution in [3.63, 3.8) is 0 Å². The number of halogens is 2. The Hall–Kier alpha value is -1.19. The highest BCUT2D eigenvalue weighted by Gasteiger charge is 2.41. The summed E-state index contributed by atoms with van der Waals surface area (Å²) in [5.41, 5.74) is 0. The van der Waals surface area contributed by atoms with Crippen molar-refractivity contribution in [2.24, 2.45) is 10.9 Å². The minimum absolute atomic E-state index is 0.0989. The quantitative estimate of drug-likeness (QED) is 0.784. The highest BCUT2D eigenvalue weighted by atomic mass is 19.1. The van der Waals surface area contributed by atoms with Crippen LogP contribution in [0.15, 0.2) is 29.3 Å². The van der Waals surface area contributed by atoms with Crippen molar-refractivity contribution >= 4 is 5.84 Å². The van der Waals surface area contributed by atoms with Crippen molar-refractivity contribution in [1.29, 1.82) is 0 Å². The van der Waals surface area contributed by atoms with Gasteiger partial charge in [0.15, 0.2) is 6.17 Å². The summed E-state index contributed by atoms with van der Waals surface area (Å²) >= 11 is 0. The lowest BCUT2D eigenvalue weighted by Gasteiger charge is -2.20. The van der Waals surface area contributed by atoms with Crippen LogP contribution in [-0.2, 0) is 0 Å². The topological polar surface area (TPSA) is 24.4 Å². The Kier molecular flexibility index (Phi) is 2.73. The van der Waals surface area contributed by atoms with E-state index in [-0.39, 0.29) is 12.1 Å². The lowest BCUT2D eigenvalue weighted by atomic mass is 9.92. The number of nitrogens with zero attached hydrogens (tertiary/aromatic N) is 1. The highest BCUT2D eigenvalue weighted by Crippen LogP contribution is 2.31. The summed E-state index contributed by atoms with van der Waals surface area (Å²) in [7, 11) is 0. The molecule has 0 aromatic rings. The first-order valence-corrected chi connectivity index (χ1v) is 6.20. The van der Waals surface area contributed by atoms with E-state index in [4.69, 9.17) is 0 Å². The van der Waals surface area contributed by atoms with Gasteiger partial charge in [0.2, 0.25) is 0 Å². The van der Waals surface area contributed by atoms with Gasteiger partial charge in [0, 0.05) is 24.8 Å². The van der Waals surface area contributed by atoms with Crippen molar-refractivity contribution in [1.82, 2.24) is 5.32 Å². The highest BCUT2D eigenvalue weighted by molar-refractivity contribution is 5.89. The van der Waals surface area contributed by atoms with Gasteiger partial charge in [-0.05, 0) is 6.42 Å². The number of hydrogen-bond acceptors (Lipinski definition) is 1. The smallest absolute Gasteiger partial charge is 0.159 e. The van der Waals surface area contributed by atoms with Gasteiger partial charge >= 0.3 is 0 Å². The van der Waals surface area contributed by atoms with Crippen LogP contribution >= 0.6 is 0 Å². The van der Waals surface area contributed by atoms with Crippen molar-refractivity contribution < 1.29 is 8.78 Å². The second kappa shape index (κ2) is 4.24. The van der Waals surface area contributed by atoms with E-state index in [2.05, 4.69) is 22.5 Å². The summed E-state index contributed by atoms with van der Waals surface area (Å²) < 4.78 is 26.5. The molecule has 1 saturated carbocycles. The molecule has 92 valence electrons. The Balaban J connectivity index is 1.65. The zero-order valence-corrected chi connectivity index (χ0v) is 9.52. The predicted octanol–water partition coefficient (Wildman–Crippen LogP) is 2.33. The van der Waals surface area contributed by atoms with Gasteiger partial charge in [-0.2, -0.15) is 0 Å². The number of amidine groups is 1. The van der Waals surface area contributed by atoms with Gasteiger partial charge in [0.1, 0.15) is 12.0 Å². The van der Waals surface area contributed by atoms with E-state index in [9.17, 15) is 8.78 Å². The molecule has 1 heterocycles. The first-order valence-electron chi connectivity index (χ1n) is 6.20. The second-order valence-electron chi connectivity index (χ2n) is 5.00. The molecule has 2 nitrogen and oxygen atoms in total. The Bertz CT molecular complexity index is 389. The Morgan fingerprint density at radius 3 is 2.71 bits per heavy atom. The van der Waals surface area contributed by atoms with Gasteiger partial charge in [-0.3, -0.25) is 4.99 Å². The molecule has 0 aromatic carbocycles. The second-order valence-corrected chi connectivity index (χ2v) is 5.00. The van der Waals surface area contributed by atoms with Gasteiger partial charge in [0.25, 0.3) is 0 Å². The number of alkyl halides is 2. The van der Waals surface area contributed by atoms with Crippen LogP contribution in [0.1, 0.15) is 19.3 Å². The maximum Gasteiger partial charge on any atom is 0.159 e. The van der Waals surface area contributed by atoms with E-state index >= 15 is 0 Å². The lowest BCUT2D eigenvalue weighted by molar-refractivity contribution is 0.373. The minimum atomic E-state index is -1.05. The first kappa shape index (κ1) is 10.9. The molecule has 3 rings (SSSR count). The molecule has 1 aliphatic heterocycles. The van der Waals surface area contributed by atoms with Crippen LogP contribution in [0.3, 0.4) is 0 Å². The molecule has 1 saturated heterocycles.